The van der Waals surface area contributed by atoms with E-state index in [0.29, 0.717) is 6.42 Å². The molecule has 2 rings (SSSR count). The molecular weight excluding hydrogens is 266 g/mol. The Morgan fingerprint density at radius 1 is 1.21 bits per heavy atom. The molecule has 0 aliphatic heterocycles. The van der Waals surface area contributed by atoms with Gasteiger partial charge in [0.1, 0.15) is 0 Å². The van der Waals surface area contributed by atoms with E-state index in [1.807, 2.05) is 11.8 Å². The topological polar surface area (TPSA) is 38.0 Å². The van der Waals surface area contributed by atoms with Crippen molar-refractivity contribution < 1.29 is 8.78 Å². The van der Waals surface area contributed by atoms with Crippen molar-refractivity contribution in [2.75, 3.05) is 5.75 Å². The van der Waals surface area contributed by atoms with Crippen LogP contribution < -0.4 is 11.3 Å². The first-order chi connectivity index (χ1) is 9.09. The molecule has 2 aliphatic rings. The third kappa shape index (κ3) is 5.20. The highest BCUT2D eigenvalue weighted by Crippen LogP contribution is 2.41. The van der Waals surface area contributed by atoms with Crippen LogP contribution in [0.4, 0.5) is 8.78 Å². The van der Waals surface area contributed by atoms with Crippen molar-refractivity contribution in [2.45, 2.75) is 75.0 Å². The lowest BCUT2D eigenvalue weighted by atomic mass is 9.99. The van der Waals surface area contributed by atoms with Crippen LogP contribution in [-0.2, 0) is 0 Å². The molecule has 0 bridgehead atoms. The van der Waals surface area contributed by atoms with Gasteiger partial charge in [-0.05, 0) is 31.6 Å². The summed E-state index contributed by atoms with van der Waals surface area (Å²) < 4.78 is 26.3. The molecule has 2 aliphatic carbocycles. The molecule has 0 aromatic heterocycles. The highest BCUT2D eigenvalue weighted by molar-refractivity contribution is 7.99. The molecule has 112 valence electrons. The SMILES string of the molecule is NNC(CSC1CCCCC1)CC1CCC(F)(F)C1. The minimum Gasteiger partial charge on any atom is -0.271 e. The summed E-state index contributed by atoms with van der Waals surface area (Å²) in [5.41, 5.74) is 2.83. The first-order valence-corrected chi connectivity index (χ1v) is 8.59. The number of rotatable bonds is 6. The zero-order valence-electron chi connectivity index (χ0n) is 11.5. The van der Waals surface area contributed by atoms with E-state index in [0.717, 1.165) is 17.4 Å². The lowest BCUT2D eigenvalue weighted by Gasteiger charge is -2.25. The molecule has 2 saturated carbocycles. The summed E-state index contributed by atoms with van der Waals surface area (Å²) in [5, 5.41) is 0.759. The Bertz CT molecular complexity index is 270. The molecular formula is C14H26F2N2S. The number of hydrazine groups is 1. The number of nitrogens with one attached hydrogen (secondary N) is 1. The average Bonchev–Trinajstić information content (AvgIpc) is 2.75. The molecule has 0 amide bonds. The number of hydrogen-bond donors (Lipinski definition) is 2. The summed E-state index contributed by atoms with van der Waals surface area (Å²) in [6, 6.07) is 0.186. The van der Waals surface area contributed by atoms with Crippen LogP contribution in [0.25, 0.3) is 0 Å². The first-order valence-electron chi connectivity index (χ1n) is 7.54. The van der Waals surface area contributed by atoms with Gasteiger partial charge in [0.15, 0.2) is 0 Å². The van der Waals surface area contributed by atoms with Crippen LogP contribution in [0.15, 0.2) is 0 Å². The maximum atomic E-state index is 13.2. The van der Waals surface area contributed by atoms with E-state index in [4.69, 9.17) is 5.84 Å². The van der Waals surface area contributed by atoms with Crippen molar-refractivity contribution >= 4 is 11.8 Å². The second-order valence-electron chi connectivity index (χ2n) is 6.16. The maximum absolute atomic E-state index is 13.2. The van der Waals surface area contributed by atoms with E-state index in [2.05, 4.69) is 5.43 Å². The van der Waals surface area contributed by atoms with Gasteiger partial charge < -0.3 is 0 Å². The molecule has 0 saturated heterocycles. The molecule has 0 spiro atoms. The van der Waals surface area contributed by atoms with Gasteiger partial charge in [0, 0.05) is 29.9 Å². The fourth-order valence-corrected chi connectivity index (χ4v) is 4.72. The van der Waals surface area contributed by atoms with E-state index in [1.54, 1.807) is 0 Å². The molecule has 2 nitrogen and oxygen atoms in total. The van der Waals surface area contributed by atoms with E-state index >= 15 is 0 Å². The highest BCUT2D eigenvalue weighted by atomic mass is 32.2. The van der Waals surface area contributed by atoms with Crippen LogP contribution in [0.2, 0.25) is 0 Å². The fraction of sp³-hybridized carbons (Fsp3) is 1.00. The van der Waals surface area contributed by atoms with E-state index in [-0.39, 0.29) is 24.8 Å². The van der Waals surface area contributed by atoms with E-state index < -0.39 is 5.92 Å². The quantitative estimate of drug-likeness (QED) is 0.579. The molecule has 2 fully saturated rings. The monoisotopic (exact) mass is 292 g/mol. The Hall–Kier alpha value is 0.130. The van der Waals surface area contributed by atoms with Gasteiger partial charge in [-0.3, -0.25) is 11.3 Å². The number of halogens is 2. The van der Waals surface area contributed by atoms with Crippen LogP contribution in [0.3, 0.4) is 0 Å². The largest absolute Gasteiger partial charge is 0.271 e. The van der Waals surface area contributed by atoms with Crippen molar-refractivity contribution in [3.63, 3.8) is 0 Å². The Morgan fingerprint density at radius 3 is 2.53 bits per heavy atom. The summed E-state index contributed by atoms with van der Waals surface area (Å²) in [5.74, 6) is 4.26. The van der Waals surface area contributed by atoms with Crippen LogP contribution in [0.5, 0.6) is 0 Å². The van der Waals surface area contributed by atoms with Gasteiger partial charge in [0.2, 0.25) is 5.92 Å². The molecule has 0 heterocycles. The Balaban J connectivity index is 1.68. The van der Waals surface area contributed by atoms with Crippen molar-refractivity contribution in [1.29, 1.82) is 0 Å². The van der Waals surface area contributed by atoms with Gasteiger partial charge in [-0.2, -0.15) is 11.8 Å². The minimum absolute atomic E-state index is 0.0548. The van der Waals surface area contributed by atoms with Crippen molar-refractivity contribution in [3.05, 3.63) is 0 Å². The zero-order chi connectivity index (χ0) is 13.7. The molecule has 19 heavy (non-hydrogen) atoms. The van der Waals surface area contributed by atoms with E-state index in [9.17, 15) is 8.78 Å². The first kappa shape index (κ1) is 15.5. The smallest absolute Gasteiger partial charge is 0.248 e. The van der Waals surface area contributed by atoms with Crippen molar-refractivity contribution in [2.24, 2.45) is 11.8 Å². The summed E-state index contributed by atoms with van der Waals surface area (Å²) in [7, 11) is 0. The van der Waals surface area contributed by atoms with Crippen LogP contribution in [0.1, 0.15) is 57.8 Å². The van der Waals surface area contributed by atoms with E-state index in [1.165, 1.54) is 32.1 Å². The zero-order valence-corrected chi connectivity index (χ0v) is 12.4. The molecule has 2 unspecified atom stereocenters. The van der Waals surface area contributed by atoms with Crippen molar-refractivity contribution in [1.82, 2.24) is 5.43 Å². The van der Waals surface area contributed by atoms with Crippen LogP contribution in [-0.4, -0.2) is 23.0 Å². The number of hydrogen-bond acceptors (Lipinski definition) is 3. The second-order valence-corrected chi connectivity index (χ2v) is 7.49. The Morgan fingerprint density at radius 2 is 1.95 bits per heavy atom. The molecule has 0 radical (unpaired) electrons. The number of alkyl halides is 2. The third-order valence-electron chi connectivity index (χ3n) is 4.44. The van der Waals surface area contributed by atoms with Gasteiger partial charge in [-0.15, -0.1) is 0 Å². The summed E-state index contributed by atoms with van der Waals surface area (Å²) in [6.45, 7) is 0. The van der Waals surface area contributed by atoms with Crippen LogP contribution in [0, 0.1) is 5.92 Å². The third-order valence-corrected chi connectivity index (χ3v) is 5.98. The predicted molar refractivity (Wildman–Crippen MR) is 77.3 cm³/mol. The van der Waals surface area contributed by atoms with Crippen LogP contribution >= 0.6 is 11.8 Å². The predicted octanol–water partition coefficient (Wildman–Crippen LogP) is 3.71. The summed E-state index contributed by atoms with van der Waals surface area (Å²) in [4.78, 5) is 0. The number of thioether (sulfide) groups is 1. The van der Waals surface area contributed by atoms with Gasteiger partial charge in [-0.25, -0.2) is 8.78 Å². The molecule has 2 atom stereocenters. The van der Waals surface area contributed by atoms with Crippen molar-refractivity contribution in [3.8, 4) is 0 Å². The molecule has 0 aromatic carbocycles. The summed E-state index contributed by atoms with van der Waals surface area (Å²) >= 11 is 1.98. The lowest BCUT2D eigenvalue weighted by Crippen LogP contribution is -2.39. The second kappa shape index (κ2) is 7.23. The van der Waals surface area contributed by atoms with Gasteiger partial charge in [-0.1, -0.05) is 19.3 Å². The average molecular weight is 292 g/mol. The standard InChI is InChI=1S/C14H26F2N2S/c15-14(16)7-6-11(9-14)8-12(18-17)10-19-13-4-2-1-3-5-13/h11-13,18H,1-10,17H2. The van der Waals surface area contributed by atoms with Gasteiger partial charge in [0.05, 0.1) is 0 Å². The Kier molecular flexibility index (Phi) is 5.90. The summed E-state index contributed by atoms with van der Waals surface area (Å²) in [6.07, 6.45) is 8.23. The molecule has 5 heteroatoms. The van der Waals surface area contributed by atoms with Gasteiger partial charge >= 0.3 is 0 Å². The molecule has 3 N–H and O–H groups in total. The highest BCUT2D eigenvalue weighted by Gasteiger charge is 2.39. The van der Waals surface area contributed by atoms with Gasteiger partial charge in [0.25, 0.3) is 0 Å². The maximum Gasteiger partial charge on any atom is 0.248 e. The fourth-order valence-electron chi connectivity index (χ4n) is 3.31. The molecule has 0 aromatic rings. The Labute approximate surface area is 119 Å². The lowest BCUT2D eigenvalue weighted by molar-refractivity contribution is 0.00442. The normalized spacial score (nSPS) is 29.5. The minimum atomic E-state index is -2.43. The number of nitrogens with two attached hydrogens (primary N) is 1.